The molecule has 2 heterocycles. The number of anilines is 2. The number of benzene rings is 2. The SMILES string of the molecule is Cc1nc(NCc2ccccc2)nc(N[C@@H]2C[C@H](CO)[C@@H](O)[C@H]2O)c1-c1nc2ccccc2s1. The maximum atomic E-state index is 10.6. The molecular weight excluding hydrogens is 450 g/mol. The van der Waals surface area contributed by atoms with Crippen molar-refractivity contribution in [1.82, 2.24) is 15.0 Å². The highest BCUT2D eigenvalue weighted by Gasteiger charge is 2.41. The highest BCUT2D eigenvalue weighted by molar-refractivity contribution is 7.21. The lowest BCUT2D eigenvalue weighted by atomic mass is 10.1. The number of aliphatic hydroxyl groups excluding tert-OH is 3. The zero-order chi connectivity index (χ0) is 23.7. The summed E-state index contributed by atoms with van der Waals surface area (Å²) in [6, 6.07) is 17.5. The second-order valence-electron chi connectivity index (χ2n) is 8.59. The van der Waals surface area contributed by atoms with E-state index in [9.17, 15) is 15.3 Å². The van der Waals surface area contributed by atoms with Crippen LogP contribution >= 0.6 is 11.3 Å². The summed E-state index contributed by atoms with van der Waals surface area (Å²) in [5.74, 6) is 0.606. The van der Waals surface area contributed by atoms with Crippen molar-refractivity contribution in [2.75, 3.05) is 17.2 Å². The van der Waals surface area contributed by atoms with Gasteiger partial charge in [-0.25, -0.2) is 9.97 Å². The Bertz CT molecular complexity index is 1250. The van der Waals surface area contributed by atoms with E-state index < -0.39 is 24.2 Å². The molecule has 0 spiro atoms. The van der Waals surface area contributed by atoms with Gasteiger partial charge in [0.05, 0.1) is 33.6 Å². The van der Waals surface area contributed by atoms with Crippen molar-refractivity contribution < 1.29 is 15.3 Å². The van der Waals surface area contributed by atoms with Crippen LogP contribution in [-0.4, -0.2) is 55.1 Å². The summed E-state index contributed by atoms with van der Waals surface area (Å²) >= 11 is 1.56. The summed E-state index contributed by atoms with van der Waals surface area (Å²) in [5, 5.41) is 37.9. The highest BCUT2D eigenvalue weighted by atomic mass is 32.1. The molecule has 0 unspecified atom stereocenters. The third kappa shape index (κ3) is 4.47. The fourth-order valence-electron chi connectivity index (χ4n) is 4.39. The number of rotatable bonds is 7. The van der Waals surface area contributed by atoms with Crippen LogP contribution in [0.25, 0.3) is 20.8 Å². The minimum atomic E-state index is -1.02. The third-order valence-electron chi connectivity index (χ3n) is 6.25. The number of hydrogen-bond acceptors (Lipinski definition) is 9. The lowest BCUT2D eigenvalue weighted by molar-refractivity contribution is 0.00446. The number of nitrogens with one attached hydrogen (secondary N) is 2. The van der Waals surface area contributed by atoms with E-state index in [-0.39, 0.29) is 6.61 Å². The van der Waals surface area contributed by atoms with Crippen molar-refractivity contribution in [3.63, 3.8) is 0 Å². The van der Waals surface area contributed by atoms with Crippen molar-refractivity contribution in [2.45, 2.75) is 38.1 Å². The van der Waals surface area contributed by atoms with Gasteiger partial charge in [0.2, 0.25) is 5.95 Å². The van der Waals surface area contributed by atoms with E-state index in [4.69, 9.17) is 9.97 Å². The van der Waals surface area contributed by atoms with Crippen LogP contribution in [-0.2, 0) is 6.54 Å². The van der Waals surface area contributed by atoms with Gasteiger partial charge in [-0.1, -0.05) is 42.5 Å². The fourth-order valence-corrected chi connectivity index (χ4v) is 5.46. The van der Waals surface area contributed by atoms with Gasteiger partial charge in [-0.3, -0.25) is 0 Å². The first-order valence-electron chi connectivity index (χ1n) is 11.3. The van der Waals surface area contributed by atoms with Crippen molar-refractivity contribution in [3.05, 3.63) is 65.9 Å². The predicted octanol–water partition coefficient (Wildman–Crippen LogP) is 3.19. The topological polar surface area (TPSA) is 123 Å². The summed E-state index contributed by atoms with van der Waals surface area (Å²) in [4.78, 5) is 14.2. The Morgan fingerprint density at radius 3 is 2.47 bits per heavy atom. The molecule has 1 aliphatic rings. The number of para-hydroxylation sites is 1. The maximum absolute atomic E-state index is 10.6. The number of fused-ring (bicyclic) bond motifs is 1. The Hall–Kier alpha value is -3.11. The van der Waals surface area contributed by atoms with Crippen LogP contribution in [0.1, 0.15) is 17.7 Å². The minimum absolute atomic E-state index is 0.187. The van der Waals surface area contributed by atoms with Crippen LogP contribution < -0.4 is 10.6 Å². The standard InChI is InChI=1S/C25H27N5O3S/c1-14-20(24-29-17-9-5-6-10-19(17)34-24)23(28-18-11-16(13-31)21(32)22(18)33)30-25(27-14)26-12-15-7-3-2-4-8-15/h2-10,16,18,21-22,31-33H,11-13H2,1H3,(H2,26,27,28,30)/t16-,18-,21-,22+/m1/s1. The van der Waals surface area contributed by atoms with Gasteiger partial charge in [-0.15, -0.1) is 11.3 Å². The summed E-state index contributed by atoms with van der Waals surface area (Å²) in [5.41, 5.74) is 3.52. The van der Waals surface area contributed by atoms with Gasteiger partial charge in [-0.05, 0) is 31.0 Å². The predicted molar refractivity (Wildman–Crippen MR) is 134 cm³/mol. The van der Waals surface area contributed by atoms with Gasteiger partial charge in [0, 0.05) is 19.1 Å². The number of aryl methyl sites for hydroxylation is 1. The second-order valence-corrected chi connectivity index (χ2v) is 9.62. The molecule has 9 heteroatoms. The molecule has 8 nitrogen and oxygen atoms in total. The molecule has 5 N–H and O–H groups in total. The van der Waals surface area contributed by atoms with Crippen molar-refractivity contribution >= 4 is 33.3 Å². The Balaban J connectivity index is 1.51. The Labute approximate surface area is 201 Å². The molecule has 2 aromatic heterocycles. The van der Waals surface area contributed by atoms with Gasteiger partial charge in [0.25, 0.3) is 0 Å². The highest BCUT2D eigenvalue weighted by Crippen LogP contribution is 2.38. The lowest BCUT2D eigenvalue weighted by Crippen LogP contribution is -2.35. The van der Waals surface area contributed by atoms with Crippen molar-refractivity contribution in [1.29, 1.82) is 0 Å². The van der Waals surface area contributed by atoms with Crippen LogP contribution in [0.3, 0.4) is 0 Å². The molecule has 0 aliphatic heterocycles. The fraction of sp³-hybridized carbons (Fsp3) is 0.320. The molecule has 0 amide bonds. The van der Waals surface area contributed by atoms with Crippen LogP contribution in [0.5, 0.6) is 0 Å². The first kappa shape index (κ1) is 22.7. The molecule has 1 aliphatic carbocycles. The lowest BCUT2D eigenvalue weighted by Gasteiger charge is -2.21. The average Bonchev–Trinajstić information content (AvgIpc) is 3.39. The number of thiazole rings is 1. The van der Waals surface area contributed by atoms with E-state index >= 15 is 0 Å². The Kier molecular flexibility index (Phi) is 6.42. The summed E-state index contributed by atoms with van der Waals surface area (Å²) in [6.07, 6.45) is -1.59. The van der Waals surface area contributed by atoms with Crippen LogP contribution in [0, 0.1) is 12.8 Å². The zero-order valence-corrected chi connectivity index (χ0v) is 19.5. The number of nitrogens with zero attached hydrogens (tertiary/aromatic N) is 3. The van der Waals surface area contributed by atoms with Gasteiger partial charge >= 0.3 is 0 Å². The smallest absolute Gasteiger partial charge is 0.225 e. The van der Waals surface area contributed by atoms with Gasteiger partial charge in [0.15, 0.2) is 0 Å². The number of aliphatic hydroxyl groups is 3. The summed E-state index contributed by atoms with van der Waals surface area (Å²) < 4.78 is 1.06. The summed E-state index contributed by atoms with van der Waals surface area (Å²) in [6.45, 7) is 2.30. The molecule has 0 bridgehead atoms. The van der Waals surface area contributed by atoms with Gasteiger partial charge < -0.3 is 26.0 Å². The Morgan fingerprint density at radius 2 is 1.74 bits per heavy atom. The molecule has 1 fully saturated rings. The first-order valence-corrected chi connectivity index (χ1v) is 12.1. The minimum Gasteiger partial charge on any atom is -0.396 e. The van der Waals surface area contributed by atoms with E-state index in [1.165, 1.54) is 0 Å². The number of aromatic nitrogens is 3. The molecule has 0 saturated heterocycles. The van der Waals surface area contributed by atoms with E-state index in [0.717, 1.165) is 32.0 Å². The monoisotopic (exact) mass is 477 g/mol. The normalized spacial score (nSPS) is 22.2. The number of hydrogen-bond donors (Lipinski definition) is 5. The molecular formula is C25H27N5O3S. The Morgan fingerprint density at radius 1 is 0.971 bits per heavy atom. The van der Waals surface area contributed by atoms with E-state index in [1.54, 1.807) is 11.3 Å². The van der Waals surface area contributed by atoms with Crippen molar-refractivity contribution in [3.8, 4) is 10.6 Å². The van der Waals surface area contributed by atoms with Gasteiger partial charge in [0.1, 0.15) is 16.9 Å². The van der Waals surface area contributed by atoms with Crippen LogP contribution in [0.15, 0.2) is 54.6 Å². The first-order chi connectivity index (χ1) is 16.5. The van der Waals surface area contributed by atoms with Crippen molar-refractivity contribution in [2.24, 2.45) is 5.92 Å². The molecule has 176 valence electrons. The molecule has 1 saturated carbocycles. The molecule has 5 rings (SSSR count). The second kappa shape index (κ2) is 9.63. The van der Waals surface area contributed by atoms with E-state index in [2.05, 4.69) is 15.6 Å². The summed E-state index contributed by atoms with van der Waals surface area (Å²) in [7, 11) is 0. The molecule has 34 heavy (non-hydrogen) atoms. The maximum Gasteiger partial charge on any atom is 0.225 e. The average molecular weight is 478 g/mol. The third-order valence-corrected chi connectivity index (χ3v) is 7.30. The van der Waals surface area contributed by atoms with E-state index in [0.29, 0.717) is 24.7 Å². The molecule has 2 aromatic carbocycles. The van der Waals surface area contributed by atoms with Crippen LogP contribution in [0.2, 0.25) is 0 Å². The molecule has 4 atom stereocenters. The van der Waals surface area contributed by atoms with E-state index in [1.807, 2.05) is 61.5 Å². The zero-order valence-electron chi connectivity index (χ0n) is 18.7. The quantitative estimate of drug-likeness (QED) is 0.275. The van der Waals surface area contributed by atoms with Gasteiger partial charge in [-0.2, -0.15) is 4.98 Å². The molecule has 4 aromatic rings. The largest absolute Gasteiger partial charge is 0.396 e. The molecule has 0 radical (unpaired) electrons. The van der Waals surface area contributed by atoms with Crippen LogP contribution in [0.4, 0.5) is 11.8 Å².